The lowest BCUT2D eigenvalue weighted by Gasteiger charge is -2.04. The molecule has 2 aromatic carbocycles. The molecule has 0 N–H and O–H groups in total. The summed E-state index contributed by atoms with van der Waals surface area (Å²) in [5.74, 6) is -6.82. The Balaban J connectivity index is 3.08. The normalized spacial score (nSPS) is 11.0. The third kappa shape index (κ3) is 1.35. The first-order valence-corrected chi connectivity index (χ1v) is 3.93. The predicted molar refractivity (Wildman–Crippen MR) is 43.7 cm³/mol. The maximum absolute atomic E-state index is 13.1. The van der Waals surface area contributed by atoms with E-state index in [0.717, 1.165) is 0 Å². The van der Waals surface area contributed by atoms with Crippen molar-refractivity contribution < 1.29 is 22.0 Å². The van der Waals surface area contributed by atoms with E-state index in [0.29, 0.717) is 12.1 Å². The molecule has 0 atom stereocenters. The summed E-state index contributed by atoms with van der Waals surface area (Å²) in [6.45, 7) is 0. The van der Waals surface area contributed by atoms with E-state index >= 15 is 0 Å². The Morgan fingerprint density at radius 3 is 1.73 bits per heavy atom. The minimum absolute atomic E-state index is 0.181. The summed E-state index contributed by atoms with van der Waals surface area (Å²) in [4.78, 5) is 0. The van der Waals surface area contributed by atoms with Crippen LogP contribution in [0.15, 0.2) is 18.2 Å². The molecule has 0 aliphatic carbocycles. The SMILES string of the molecule is Fc1cc(F)c2c(F)ccc(F)c2c1F. The highest BCUT2D eigenvalue weighted by molar-refractivity contribution is 5.85. The third-order valence-electron chi connectivity index (χ3n) is 2.03. The standard InChI is InChI=1S/C10H3F5/c11-4-1-2-5(12)9-8(4)6(13)3-7(14)10(9)15/h1-3H. The van der Waals surface area contributed by atoms with Crippen LogP contribution in [-0.4, -0.2) is 0 Å². The number of rotatable bonds is 0. The maximum Gasteiger partial charge on any atom is 0.169 e. The van der Waals surface area contributed by atoms with E-state index in [2.05, 4.69) is 0 Å². The molecule has 0 radical (unpaired) electrons. The number of benzene rings is 2. The Bertz CT molecular complexity index is 547. The Labute approximate surface area is 80.9 Å². The second-order valence-electron chi connectivity index (χ2n) is 2.93. The molecule has 2 aromatic rings. The van der Waals surface area contributed by atoms with Crippen molar-refractivity contribution in [2.45, 2.75) is 0 Å². The Kier molecular flexibility index (Phi) is 2.10. The van der Waals surface area contributed by atoms with Crippen LogP contribution in [0.3, 0.4) is 0 Å². The van der Waals surface area contributed by atoms with Crippen molar-refractivity contribution in [3.05, 3.63) is 47.3 Å². The molecule has 0 heterocycles. The summed E-state index contributed by atoms with van der Waals surface area (Å²) in [5.41, 5.74) is 0. The van der Waals surface area contributed by atoms with Gasteiger partial charge in [-0.2, -0.15) is 0 Å². The molecule has 5 heteroatoms. The van der Waals surface area contributed by atoms with Crippen molar-refractivity contribution in [1.82, 2.24) is 0 Å². The van der Waals surface area contributed by atoms with Crippen LogP contribution in [0.25, 0.3) is 10.8 Å². The van der Waals surface area contributed by atoms with Crippen LogP contribution in [0.4, 0.5) is 22.0 Å². The summed E-state index contributed by atoms with van der Waals surface area (Å²) >= 11 is 0. The highest BCUT2D eigenvalue weighted by Gasteiger charge is 2.18. The molecule has 0 saturated carbocycles. The van der Waals surface area contributed by atoms with Gasteiger partial charge in [-0.1, -0.05) is 0 Å². The summed E-state index contributed by atoms with van der Waals surface area (Å²) in [7, 11) is 0. The van der Waals surface area contributed by atoms with Gasteiger partial charge in [0.2, 0.25) is 0 Å². The molecule has 0 aromatic heterocycles. The van der Waals surface area contributed by atoms with Gasteiger partial charge < -0.3 is 0 Å². The van der Waals surface area contributed by atoms with Gasteiger partial charge in [0.15, 0.2) is 11.6 Å². The largest absolute Gasteiger partial charge is 0.206 e. The summed E-state index contributed by atoms with van der Waals surface area (Å²) in [6, 6.07) is 1.44. The Hall–Kier alpha value is -1.65. The fourth-order valence-electron chi connectivity index (χ4n) is 1.37. The minimum Gasteiger partial charge on any atom is -0.206 e. The molecular formula is C10H3F5. The van der Waals surface area contributed by atoms with E-state index < -0.39 is 39.9 Å². The van der Waals surface area contributed by atoms with Crippen LogP contribution >= 0.6 is 0 Å². The Morgan fingerprint density at radius 2 is 1.13 bits per heavy atom. The first-order chi connectivity index (χ1) is 7.02. The van der Waals surface area contributed by atoms with Crippen LogP contribution in [0.2, 0.25) is 0 Å². The lowest BCUT2D eigenvalue weighted by Crippen LogP contribution is -1.96. The van der Waals surface area contributed by atoms with Crippen LogP contribution in [0.5, 0.6) is 0 Å². The van der Waals surface area contributed by atoms with E-state index in [1.54, 1.807) is 0 Å². The predicted octanol–water partition coefficient (Wildman–Crippen LogP) is 3.54. The molecule has 0 nitrogen and oxygen atoms in total. The van der Waals surface area contributed by atoms with Gasteiger partial charge in [-0.05, 0) is 12.1 Å². The third-order valence-corrected chi connectivity index (χ3v) is 2.03. The highest BCUT2D eigenvalue weighted by atomic mass is 19.2. The molecule has 0 saturated heterocycles. The first kappa shape index (κ1) is 9.89. The number of hydrogen-bond donors (Lipinski definition) is 0. The van der Waals surface area contributed by atoms with Gasteiger partial charge in [-0.3, -0.25) is 0 Å². The van der Waals surface area contributed by atoms with E-state index in [-0.39, 0.29) is 6.07 Å². The van der Waals surface area contributed by atoms with E-state index in [4.69, 9.17) is 0 Å². The van der Waals surface area contributed by atoms with Gasteiger partial charge in [0.1, 0.15) is 17.5 Å². The molecule has 0 spiro atoms. The summed E-state index contributed by atoms with van der Waals surface area (Å²) < 4.78 is 64.9. The van der Waals surface area contributed by atoms with Gasteiger partial charge in [0.25, 0.3) is 0 Å². The maximum atomic E-state index is 13.1. The zero-order chi connectivity index (χ0) is 11.2. The van der Waals surface area contributed by atoms with Crippen molar-refractivity contribution in [3.8, 4) is 0 Å². The quantitative estimate of drug-likeness (QED) is 0.468. The van der Waals surface area contributed by atoms with Gasteiger partial charge in [-0.15, -0.1) is 0 Å². The zero-order valence-corrected chi connectivity index (χ0v) is 7.12. The molecule has 15 heavy (non-hydrogen) atoms. The van der Waals surface area contributed by atoms with E-state index in [1.807, 2.05) is 0 Å². The lowest BCUT2D eigenvalue weighted by atomic mass is 10.1. The van der Waals surface area contributed by atoms with Gasteiger partial charge >= 0.3 is 0 Å². The molecule has 78 valence electrons. The van der Waals surface area contributed by atoms with Gasteiger partial charge in [0.05, 0.1) is 10.8 Å². The molecule has 0 amide bonds. The highest BCUT2D eigenvalue weighted by Crippen LogP contribution is 2.28. The first-order valence-electron chi connectivity index (χ1n) is 3.93. The molecule has 0 fully saturated rings. The van der Waals surface area contributed by atoms with Crippen molar-refractivity contribution in [2.24, 2.45) is 0 Å². The lowest BCUT2D eigenvalue weighted by molar-refractivity contribution is 0.498. The monoisotopic (exact) mass is 218 g/mol. The number of halogens is 5. The second kappa shape index (κ2) is 3.18. The summed E-state index contributed by atoms with van der Waals surface area (Å²) in [5, 5.41) is -1.89. The second-order valence-corrected chi connectivity index (χ2v) is 2.93. The van der Waals surface area contributed by atoms with Crippen molar-refractivity contribution >= 4 is 10.8 Å². The molecular weight excluding hydrogens is 215 g/mol. The number of fused-ring (bicyclic) bond motifs is 1. The zero-order valence-electron chi connectivity index (χ0n) is 7.12. The smallest absolute Gasteiger partial charge is 0.169 e. The average molecular weight is 218 g/mol. The van der Waals surface area contributed by atoms with Gasteiger partial charge in [0, 0.05) is 6.07 Å². The average Bonchev–Trinajstić information content (AvgIpc) is 2.18. The fraction of sp³-hybridized carbons (Fsp3) is 0. The minimum atomic E-state index is -1.59. The van der Waals surface area contributed by atoms with E-state index in [1.165, 1.54) is 0 Å². The van der Waals surface area contributed by atoms with Gasteiger partial charge in [-0.25, -0.2) is 22.0 Å². The molecule has 0 aliphatic rings. The molecule has 0 bridgehead atoms. The van der Waals surface area contributed by atoms with Crippen molar-refractivity contribution in [1.29, 1.82) is 0 Å². The van der Waals surface area contributed by atoms with Crippen molar-refractivity contribution in [3.63, 3.8) is 0 Å². The van der Waals surface area contributed by atoms with E-state index in [9.17, 15) is 22.0 Å². The Morgan fingerprint density at radius 1 is 0.600 bits per heavy atom. The molecule has 2 rings (SSSR count). The fourth-order valence-corrected chi connectivity index (χ4v) is 1.37. The molecule has 0 aliphatic heterocycles. The van der Waals surface area contributed by atoms with Crippen LogP contribution in [-0.2, 0) is 0 Å². The molecule has 0 unspecified atom stereocenters. The van der Waals surface area contributed by atoms with Crippen LogP contribution in [0, 0.1) is 29.1 Å². The topological polar surface area (TPSA) is 0 Å². The van der Waals surface area contributed by atoms with Crippen LogP contribution in [0.1, 0.15) is 0 Å². The summed E-state index contributed by atoms with van der Waals surface area (Å²) in [6.07, 6.45) is 0. The van der Waals surface area contributed by atoms with Crippen LogP contribution < -0.4 is 0 Å². The number of hydrogen-bond acceptors (Lipinski definition) is 0. The van der Waals surface area contributed by atoms with Crippen molar-refractivity contribution in [2.75, 3.05) is 0 Å².